The summed E-state index contributed by atoms with van der Waals surface area (Å²) in [4.78, 5) is 0. The molecule has 41 heavy (non-hydrogen) atoms. The molecule has 0 unspecified atom stereocenters. The molecule has 10 aromatic rings. The zero-order chi connectivity index (χ0) is 26.7. The SMILES string of the molecule is c1ccc2c(c1)ccc1c2c2ccccc2n1-c1ccc2c(c1)oc1cc3cc4oc5ccccc5c4cc3cc12. The zero-order valence-corrected chi connectivity index (χ0v) is 21.9. The van der Waals surface area contributed by atoms with Crippen molar-refractivity contribution < 1.29 is 8.83 Å². The van der Waals surface area contributed by atoms with E-state index in [2.05, 4.69) is 120 Å². The van der Waals surface area contributed by atoms with Gasteiger partial charge in [0.05, 0.1) is 11.0 Å². The molecule has 0 radical (unpaired) electrons. The number of hydrogen-bond acceptors (Lipinski definition) is 2. The molecule has 0 aliphatic carbocycles. The minimum absolute atomic E-state index is 0.883. The number of benzene rings is 7. The molecule has 0 saturated carbocycles. The van der Waals surface area contributed by atoms with Crippen LogP contribution < -0.4 is 0 Å². The van der Waals surface area contributed by atoms with Crippen LogP contribution in [0.3, 0.4) is 0 Å². The van der Waals surface area contributed by atoms with Crippen LogP contribution in [0.2, 0.25) is 0 Å². The lowest BCUT2D eigenvalue weighted by Gasteiger charge is -2.08. The van der Waals surface area contributed by atoms with Gasteiger partial charge >= 0.3 is 0 Å². The Labute approximate surface area is 233 Å². The lowest BCUT2D eigenvalue weighted by molar-refractivity contribution is 0.668. The van der Waals surface area contributed by atoms with E-state index in [0.717, 1.165) is 55.0 Å². The number of para-hydroxylation sites is 2. The van der Waals surface area contributed by atoms with Crippen molar-refractivity contribution in [2.24, 2.45) is 0 Å². The smallest absolute Gasteiger partial charge is 0.137 e. The molecule has 0 fully saturated rings. The molecule has 0 spiro atoms. The summed E-state index contributed by atoms with van der Waals surface area (Å²) >= 11 is 0. The quantitative estimate of drug-likeness (QED) is 0.214. The first kappa shape index (κ1) is 21.3. The van der Waals surface area contributed by atoms with Gasteiger partial charge in [0.15, 0.2) is 0 Å². The van der Waals surface area contributed by atoms with E-state index >= 15 is 0 Å². The molecule has 7 aromatic carbocycles. The Morgan fingerprint density at radius 2 is 1.00 bits per heavy atom. The zero-order valence-electron chi connectivity index (χ0n) is 21.9. The van der Waals surface area contributed by atoms with E-state index < -0.39 is 0 Å². The van der Waals surface area contributed by atoms with Crippen molar-refractivity contribution in [2.75, 3.05) is 0 Å². The van der Waals surface area contributed by atoms with E-state index in [1.54, 1.807) is 0 Å². The van der Waals surface area contributed by atoms with Crippen LogP contribution in [-0.2, 0) is 0 Å². The van der Waals surface area contributed by atoms with Gasteiger partial charge in [-0.1, -0.05) is 66.7 Å². The molecule has 0 N–H and O–H groups in total. The highest BCUT2D eigenvalue weighted by Crippen LogP contribution is 2.40. The minimum Gasteiger partial charge on any atom is -0.456 e. The third-order valence-electron chi connectivity index (χ3n) is 8.73. The second-order valence-electron chi connectivity index (χ2n) is 11.0. The predicted octanol–water partition coefficient (Wildman–Crippen LogP) is 10.9. The highest BCUT2D eigenvalue weighted by Gasteiger charge is 2.17. The molecule has 0 amide bonds. The van der Waals surface area contributed by atoms with Gasteiger partial charge in [0.2, 0.25) is 0 Å². The van der Waals surface area contributed by atoms with Crippen molar-refractivity contribution in [1.29, 1.82) is 0 Å². The van der Waals surface area contributed by atoms with Gasteiger partial charge in [0.25, 0.3) is 0 Å². The van der Waals surface area contributed by atoms with Crippen LogP contribution in [0.4, 0.5) is 0 Å². The summed E-state index contributed by atoms with van der Waals surface area (Å²) in [6.45, 7) is 0. The molecule has 0 bridgehead atoms. The van der Waals surface area contributed by atoms with Crippen LogP contribution in [0, 0.1) is 0 Å². The van der Waals surface area contributed by atoms with E-state index in [0.29, 0.717) is 0 Å². The summed E-state index contributed by atoms with van der Waals surface area (Å²) in [7, 11) is 0. The summed E-state index contributed by atoms with van der Waals surface area (Å²) in [6, 6.07) is 45.4. The Bertz CT molecular complexity index is 2700. The number of nitrogens with zero attached hydrogens (tertiary/aromatic N) is 1. The fourth-order valence-electron chi connectivity index (χ4n) is 6.89. The lowest BCUT2D eigenvalue weighted by Crippen LogP contribution is -1.93. The molecule has 3 heterocycles. The summed E-state index contributed by atoms with van der Waals surface area (Å²) in [5, 5.41) is 11.9. The Morgan fingerprint density at radius 1 is 0.366 bits per heavy atom. The van der Waals surface area contributed by atoms with Gasteiger partial charge < -0.3 is 13.4 Å². The number of furan rings is 2. The van der Waals surface area contributed by atoms with Crippen LogP contribution in [0.25, 0.3) is 92.9 Å². The number of rotatable bonds is 1. The normalized spacial score (nSPS) is 12.4. The molecular weight excluding hydrogens is 502 g/mol. The maximum Gasteiger partial charge on any atom is 0.137 e. The van der Waals surface area contributed by atoms with Gasteiger partial charge in [-0.2, -0.15) is 0 Å². The van der Waals surface area contributed by atoms with Crippen molar-refractivity contribution in [3.8, 4) is 5.69 Å². The number of hydrogen-bond donors (Lipinski definition) is 0. The van der Waals surface area contributed by atoms with Crippen LogP contribution in [0.1, 0.15) is 0 Å². The monoisotopic (exact) mass is 523 g/mol. The third kappa shape index (κ3) is 2.82. The molecule has 0 atom stereocenters. The third-order valence-corrected chi connectivity index (χ3v) is 8.73. The first-order valence-electron chi connectivity index (χ1n) is 13.9. The molecular formula is C38H21NO2. The van der Waals surface area contributed by atoms with Crippen molar-refractivity contribution in [3.63, 3.8) is 0 Å². The van der Waals surface area contributed by atoms with Gasteiger partial charge in [0, 0.05) is 44.1 Å². The van der Waals surface area contributed by atoms with Gasteiger partial charge in [-0.15, -0.1) is 0 Å². The summed E-state index contributed by atoms with van der Waals surface area (Å²) in [6.07, 6.45) is 0. The topological polar surface area (TPSA) is 31.2 Å². The molecule has 0 aliphatic heterocycles. The second-order valence-corrected chi connectivity index (χ2v) is 11.0. The van der Waals surface area contributed by atoms with Crippen molar-refractivity contribution >= 4 is 87.2 Å². The van der Waals surface area contributed by atoms with Crippen molar-refractivity contribution in [1.82, 2.24) is 4.57 Å². The first-order valence-corrected chi connectivity index (χ1v) is 13.9. The second kappa shape index (κ2) is 7.56. The predicted molar refractivity (Wildman–Crippen MR) is 170 cm³/mol. The molecule has 3 aromatic heterocycles. The fraction of sp³-hybridized carbons (Fsp3) is 0. The van der Waals surface area contributed by atoms with Gasteiger partial charge in [0.1, 0.15) is 22.3 Å². The summed E-state index contributed by atoms with van der Waals surface area (Å²) < 4.78 is 15.0. The minimum atomic E-state index is 0.883. The molecule has 0 aliphatic rings. The highest BCUT2D eigenvalue weighted by molar-refractivity contribution is 6.21. The van der Waals surface area contributed by atoms with E-state index in [-0.39, 0.29) is 0 Å². The van der Waals surface area contributed by atoms with E-state index in [4.69, 9.17) is 8.83 Å². The molecule has 3 nitrogen and oxygen atoms in total. The fourth-order valence-corrected chi connectivity index (χ4v) is 6.89. The van der Waals surface area contributed by atoms with Gasteiger partial charge in [-0.25, -0.2) is 0 Å². The van der Waals surface area contributed by atoms with Gasteiger partial charge in [-0.3, -0.25) is 0 Å². The first-order chi connectivity index (χ1) is 20.3. The van der Waals surface area contributed by atoms with E-state index in [1.165, 1.54) is 38.0 Å². The molecule has 190 valence electrons. The van der Waals surface area contributed by atoms with E-state index in [1.807, 2.05) is 12.1 Å². The molecule has 3 heteroatoms. The Balaban J connectivity index is 1.23. The lowest BCUT2D eigenvalue weighted by atomic mass is 10.0. The maximum absolute atomic E-state index is 6.52. The number of fused-ring (bicyclic) bond motifs is 12. The Hall–Kier alpha value is -5.54. The van der Waals surface area contributed by atoms with Crippen LogP contribution in [-0.4, -0.2) is 4.57 Å². The standard InChI is InChI=1S/C38H21NO2/c1-2-8-26-22(7-1)13-16-33-38(26)29-10-3-5-11-32(29)39(33)25-14-15-28-31-18-23-17-30-27-9-4-6-12-34(27)40-35(30)19-24(23)20-36(31)41-37(28)21-25/h1-21H. The summed E-state index contributed by atoms with van der Waals surface area (Å²) in [5.74, 6) is 0. The summed E-state index contributed by atoms with van der Waals surface area (Å²) in [5.41, 5.74) is 7.05. The molecule has 10 rings (SSSR count). The van der Waals surface area contributed by atoms with Crippen molar-refractivity contribution in [2.45, 2.75) is 0 Å². The van der Waals surface area contributed by atoms with Crippen molar-refractivity contribution in [3.05, 3.63) is 127 Å². The van der Waals surface area contributed by atoms with Crippen LogP contribution in [0.15, 0.2) is 136 Å². The van der Waals surface area contributed by atoms with Gasteiger partial charge in [-0.05, 0) is 76.1 Å². The Morgan fingerprint density at radius 3 is 1.85 bits per heavy atom. The molecule has 0 saturated heterocycles. The van der Waals surface area contributed by atoms with Crippen LogP contribution in [0.5, 0.6) is 0 Å². The average molecular weight is 524 g/mol. The largest absolute Gasteiger partial charge is 0.456 e. The average Bonchev–Trinajstić information content (AvgIpc) is 3.67. The highest BCUT2D eigenvalue weighted by atomic mass is 16.3. The Kier molecular flexibility index (Phi) is 3.93. The maximum atomic E-state index is 6.52. The van der Waals surface area contributed by atoms with E-state index in [9.17, 15) is 0 Å². The number of aromatic nitrogens is 1. The van der Waals surface area contributed by atoms with Crippen LogP contribution >= 0.6 is 0 Å².